The van der Waals surface area contributed by atoms with Crippen LogP contribution in [-0.4, -0.2) is 30.9 Å². The summed E-state index contributed by atoms with van der Waals surface area (Å²) in [5, 5.41) is 12.3. The van der Waals surface area contributed by atoms with Gasteiger partial charge in [0, 0.05) is 16.3 Å². The highest BCUT2D eigenvalue weighted by Crippen LogP contribution is 2.33. The second-order valence-corrected chi connectivity index (χ2v) is 7.27. The van der Waals surface area contributed by atoms with Crippen molar-refractivity contribution in [3.05, 3.63) is 94.0 Å². The molecule has 0 unspecified atom stereocenters. The number of aliphatic carboxylic acids is 1. The zero-order valence-corrected chi connectivity index (χ0v) is 17.5. The third kappa shape index (κ3) is 5.76. The number of carboxylic acid groups (broad SMARTS) is 1. The molecular formula is C23H21BrN2O3. The molecule has 0 aliphatic carbocycles. The molecule has 0 aliphatic rings. The van der Waals surface area contributed by atoms with Gasteiger partial charge in [0.2, 0.25) is 0 Å². The van der Waals surface area contributed by atoms with Crippen LogP contribution in [0, 0.1) is 0 Å². The Kier molecular flexibility index (Phi) is 7.16. The standard InChI is InChI=1S/C23H21BrN2O3/c1-29-19-10-7-16(8-11-19)14-25-21-12-9-18(24)13-20(21)23(26-15-22(27)28)17-5-3-2-4-6-17/h2-14,23,26H,15H2,1H3,(H,27,28)/t23-/m1/s1. The molecule has 148 valence electrons. The zero-order valence-electron chi connectivity index (χ0n) is 15.9. The van der Waals surface area contributed by atoms with Gasteiger partial charge in [-0.1, -0.05) is 46.3 Å². The van der Waals surface area contributed by atoms with Crippen LogP contribution in [0.4, 0.5) is 5.69 Å². The van der Waals surface area contributed by atoms with E-state index in [2.05, 4.69) is 26.2 Å². The quantitative estimate of drug-likeness (QED) is 0.473. The van der Waals surface area contributed by atoms with Crippen molar-refractivity contribution in [2.75, 3.05) is 13.7 Å². The SMILES string of the molecule is COc1ccc(C=Nc2ccc(Br)cc2[C@H](NCC(=O)O)c2ccccc2)cc1. The molecule has 0 heterocycles. The first-order valence-corrected chi connectivity index (χ1v) is 9.84. The molecule has 6 heteroatoms. The molecule has 0 saturated carbocycles. The zero-order chi connectivity index (χ0) is 20.6. The predicted octanol–water partition coefficient (Wildman–Crippen LogP) is 4.97. The van der Waals surface area contributed by atoms with Gasteiger partial charge in [0.05, 0.1) is 25.4 Å². The summed E-state index contributed by atoms with van der Waals surface area (Å²) in [5.41, 5.74) is 3.55. The van der Waals surface area contributed by atoms with Crippen molar-refractivity contribution in [2.24, 2.45) is 4.99 Å². The van der Waals surface area contributed by atoms with Crippen molar-refractivity contribution in [3.63, 3.8) is 0 Å². The Hall–Kier alpha value is -2.96. The number of hydrogen-bond acceptors (Lipinski definition) is 4. The number of methoxy groups -OCH3 is 1. The van der Waals surface area contributed by atoms with Gasteiger partial charge in [0.1, 0.15) is 5.75 Å². The fourth-order valence-electron chi connectivity index (χ4n) is 2.95. The van der Waals surface area contributed by atoms with E-state index in [1.54, 1.807) is 13.3 Å². The Morgan fingerprint density at radius 3 is 2.52 bits per heavy atom. The first-order valence-electron chi connectivity index (χ1n) is 9.04. The summed E-state index contributed by atoms with van der Waals surface area (Å²) in [6.07, 6.45) is 1.78. The molecule has 0 aliphatic heterocycles. The highest BCUT2D eigenvalue weighted by molar-refractivity contribution is 9.10. The van der Waals surface area contributed by atoms with Gasteiger partial charge in [-0.3, -0.25) is 15.1 Å². The molecule has 5 nitrogen and oxygen atoms in total. The minimum absolute atomic E-state index is 0.159. The second-order valence-electron chi connectivity index (χ2n) is 6.35. The van der Waals surface area contributed by atoms with E-state index >= 15 is 0 Å². The van der Waals surface area contributed by atoms with Crippen LogP contribution in [0.5, 0.6) is 5.75 Å². The molecule has 0 aromatic heterocycles. The lowest BCUT2D eigenvalue weighted by atomic mass is 9.97. The van der Waals surface area contributed by atoms with E-state index in [0.717, 1.165) is 32.6 Å². The van der Waals surface area contributed by atoms with Crippen LogP contribution in [0.15, 0.2) is 82.3 Å². The van der Waals surface area contributed by atoms with E-state index in [1.807, 2.05) is 72.8 Å². The van der Waals surface area contributed by atoms with Crippen molar-refractivity contribution in [1.82, 2.24) is 5.32 Å². The third-order valence-corrected chi connectivity index (χ3v) is 4.85. The fourth-order valence-corrected chi connectivity index (χ4v) is 3.33. The van der Waals surface area contributed by atoms with Crippen LogP contribution in [-0.2, 0) is 4.79 Å². The Labute approximate surface area is 178 Å². The molecule has 0 fully saturated rings. The van der Waals surface area contributed by atoms with Crippen LogP contribution in [0.25, 0.3) is 0 Å². The number of rotatable bonds is 8. The number of halogens is 1. The van der Waals surface area contributed by atoms with Gasteiger partial charge in [0.25, 0.3) is 0 Å². The van der Waals surface area contributed by atoms with Gasteiger partial charge in [-0.25, -0.2) is 0 Å². The molecule has 29 heavy (non-hydrogen) atoms. The molecule has 2 N–H and O–H groups in total. The van der Waals surface area contributed by atoms with Gasteiger partial charge in [0.15, 0.2) is 0 Å². The lowest BCUT2D eigenvalue weighted by molar-refractivity contribution is -0.136. The summed E-state index contributed by atoms with van der Waals surface area (Å²) in [4.78, 5) is 15.8. The average molecular weight is 453 g/mol. The summed E-state index contributed by atoms with van der Waals surface area (Å²) in [6, 6.07) is 22.8. The molecule has 1 atom stereocenters. The van der Waals surface area contributed by atoms with Crippen LogP contribution < -0.4 is 10.1 Å². The molecule has 0 radical (unpaired) electrons. The molecule has 0 saturated heterocycles. The molecule has 0 bridgehead atoms. The van der Waals surface area contributed by atoms with Gasteiger partial charge < -0.3 is 9.84 Å². The Bertz CT molecular complexity index is 989. The van der Waals surface area contributed by atoms with E-state index in [1.165, 1.54) is 0 Å². The minimum Gasteiger partial charge on any atom is -0.497 e. The number of carbonyl (C=O) groups is 1. The van der Waals surface area contributed by atoms with Gasteiger partial charge in [-0.2, -0.15) is 0 Å². The number of hydrogen-bond donors (Lipinski definition) is 2. The molecular weight excluding hydrogens is 432 g/mol. The maximum atomic E-state index is 11.2. The molecule has 0 amide bonds. The van der Waals surface area contributed by atoms with Gasteiger partial charge >= 0.3 is 5.97 Å². The molecule has 3 rings (SSSR count). The topological polar surface area (TPSA) is 70.9 Å². The lowest BCUT2D eigenvalue weighted by Crippen LogP contribution is -2.28. The fraction of sp³-hybridized carbons (Fsp3) is 0.130. The van der Waals surface area contributed by atoms with E-state index in [-0.39, 0.29) is 12.6 Å². The Balaban J connectivity index is 1.98. The molecule has 0 spiro atoms. The summed E-state index contributed by atoms with van der Waals surface area (Å²) in [5.74, 6) is -0.127. The first kappa shape index (κ1) is 20.8. The van der Waals surface area contributed by atoms with E-state index < -0.39 is 5.97 Å². The summed E-state index contributed by atoms with van der Waals surface area (Å²) >= 11 is 3.52. The highest BCUT2D eigenvalue weighted by atomic mass is 79.9. The second kappa shape index (κ2) is 10.0. The number of ether oxygens (including phenoxy) is 1. The van der Waals surface area contributed by atoms with Gasteiger partial charge in [-0.05, 0) is 53.6 Å². The minimum atomic E-state index is -0.913. The number of nitrogens with zero attached hydrogens (tertiary/aromatic N) is 1. The number of benzene rings is 3. The van der Waals surface area contributed by atoms with Crippen LogP contribution in [0.3, 0.4) is 0 Å². The van der Waals surface area contributed by atoms with Crippen LogP contribution in [0.1, 0.15) is 22.7 Å². The Morgan fingerprint density at radius 2 is 1.86 bits per heavy atom. The van der Waals surface area contributed by atoms with Crippen molar-refractivity contribution in [2.45, 2.75) is 6.04 Å². The Morgan fingerprint density at radius 1 is 1.14 bits per heavy atom. The predicted molar refractivity (Wildman–Crippen MR) is 118 cm³/mol. The normalized spacial score (nSPS) is 12.1. The van der Waals surface area contributed by atoms with Crippen LogP contribution in [0.2, 0.25) is 0 Å². The molecule has 3 aromatic carbocycles. The monoisotopic (exact) mass is 452 g/mol. The summed E-state index contributed by atoms with van der Waals surface area (Å²) in [6.45, 7) is -0.159. The van der Waals surface area contributed by atoms with Crippen LogP contribution >= 0.6 is 15.9 Å². The highest BCUT2D eigenvalue weighted by Gasteiger charge is 2.18. The van der Waals surface area contributed by atoms with E-state index in [9.17, 15) is 4.79 Å². The van der Waals surface area contributed by atoms with Crippen molar-refractivity contribution >= 4 is 33.8 Å². The average Bonchev–Trinajstić information content (AvgIpc) is 2.74. The van der Waals surface area contributed by atoms with Crippen molar-refractivity contribution in [1.29, 1.82) is 0 Å². The number of nitrogens with one attached hydrogen (secondary N) is 1. The summed E-state index contributed by atoms with van der Waals surface area (Å²) < 4.78 is 6.08. The number of aliphatic imine (C=N–C) groups is 1. The third-order valence-electron chi connectivity index (χ3n) is 4.36. The maximum absolute atomic E-state index is 11.2. The smallest absolute Gasteiger partial charge is 0.317 e. The van der Waals surface area contributed by atoms with Gasteiger partial charge in [-0.15, -0.1) is 0 Å². The largest absolute Gasteiger partial charge is 0.497 e. The summed E-state index contributed by atoms with van der Waals surface area (Å²) in [7, 11) is 1.63. The maximum Gasteiger partial charge on any atom is 0.317 e. The van der Waals surface area contributed by atoms with Crippen molar-refractivity contribution < 1.29 is 14.6 Å². The first-order chi connectivity index (χ1) is 14.1. The van der Waals surface area contributed by atoms with E-state index in [4.69, 9.17) is 9.84 Å². The lowest BCUT2D eigenvalue weighted by Gasteiger charge is -2.21. The van der Waals surface area contributed by atoms with Crippen molar-refractivity contribution in [3.8, 4) is 5.75 Å². The molecule has 3 aromatic rings. The number of carboxylic acids is 1. The van der Waals surface area contributed by atoms with E-state index in [0.29, 0.717) is 0 Å².